The van der Waals surface area contributed by atoms with Crippen molar-refractivity contribution in [1.29, 1.82) is 0 Å². The van der Waals surface area contributed by atoms with E-state index in [-0.39, 0.29) is 0 Å². The molecule has 0 atom stereocenters. The lowest BCUT2D eigenvalue weighted by Crippen LogP contribution is -1.95. The van der Waals surface area contributed by atoms with Crippen molar-refractivity contribution in [2.75, 3.05) is 0 Å². The highest BCUT2D eigenvalue weighted by Gasteiger charge is 2.19. The summed E-state index contributed by atoms with van der Waals surface area (Å²) in [5.41, 5.74) is 13.5. The predicted octanol–water partition coefficient (Wildman–Crippen LogP) is 13.1. The number of benzene rings is 8. The van der Waals surface area contributed by atoms with Gasteiger partial charge >= 0.3 is 0 Å². The predicted molar refractivity (Wildman–Crippen MR) is 213 cm³/mol. The Balaban J connectivity index is 1.17. The SMILES string of the molecule is c1ccc(-c2ccc3c(c2)c2cc4c(cc2n3-c2ccc(-c3cccc5c3oc3ccccc35)cc2)c2ccccc2n4-c2ccccc2)cc1. The minimum atomic E-state index is 0.914. The molecule has 0 amide bonds. The smallest absolute Gasteiger partial charge is 0.143 e. The summed E-state index contributed by atoms with van der Waals surface area (Å²) < 4.78 is 11.2. The number of furan rings is 1. The minimum Gasteiger partial charge on any atom is -0.455 e. The Morgan fingerprint density at radius 2 is 0.882 bits per heavy atom. The second kappa shape index (κ2) is 10.8. The number of para-hydroxylation sites is 4. The Bertz CT molecular complexity index is 3110. The maximum absolute atomic E-state index is 6.41. The van der Waals surface area contributed by atoms with Gasteiger partial charge in [0.1, 0.15) is 11.2 Å². The average Bonchev–Trinajstić information content (AvgIpc) is 3.85. The average molecular weight is 651 g/mol. The molecular formula is C48H30N2O. The zero-order chi connectivity index (χ0) is 33.5. The highest BCUT2D eigenvalue weighted by atomic mass is 16.3. The summed E-state index contributed by atoms with van der Waals surface area (Å²) >= 11 is 0. The fourth-order valence-corrected chi connectivity index (χ4v) is 8.19. The van der Waals surface area contributed by atoms with Gasteiger partial charge in [-0.2, -0.15) is 0 Å². The summed E-state index contributed by atoms with van der Waals surface area (Å²) in [6.07, 6.45) is 0. The first-order valence-electron chi connectivity index (χ1n) is 17.4. The van der Waals surface area contributed by atoms with Crippen molar-refractivity contribution < 1.29 is 4.42 Å². The summed E-state index contributed by atoms with van der Waals surface area (Å²) in [5, 5.41) is 7.23. The molecule has 0 fully saturated rings. The second-order valence-corrected chi connectivity index (χ2v) is 13.3. The molecule has 11 rings (SSSR count). The van der Waals surface area contributed by atoms with Gasteiger partial charge < -0.3 is 13.6 Å². The number of nitrogens with zero attached hydrogens (tertiary/aromatic N) is 2. The van der Waals surface area contributed by atoms with Gasteiger partial charge in [-0.05, 0) is 77.4 Å². The van der Waals surface area contributed by atoms with Gasteiger partial charge in [0.2, 0.25) is 0 Å². The summed E-state index contributed by atoms with van der Waals surface area (Å²) in [6, 6.07) is 65.5. The van der Waals surface area contributed by atoms with Crippen LogP contribution in [0.2, 0.25) is 0 Å². The van der Waals surface area contributed by atoms with E-state index in [0.29, 0.717) is 0 Å². The molecule has 3 nitrogen and oxygen atoms in total. The molecule has 0 saturated heterocycles. The van der Waals surface area contributed by atoms with Gasteiger partial charge in [-0.15, -0.1) is 0 Å². The Morgan fingerprint density at radius 3 is 1.67 bits per heavy atom. The summed E-state index contributed by atoms with van der Waals surface area (Å²) in [5.74, 6) is 0. The Morgan fingerprint density at radius 1 is 0.314 bits per heavy atom. The van der Waals surface area contributed by atoms with E-state index in [1.807, 2.05) is 12.1 Å². The third kappa shape index (κ3) is 4.19. The monoisotopic (exact) mass is 650 g/mol. The molecule has 11 aromatic rings. The van der Waals surface area contributed by atoms with Crippen LogP contribution in [0.1, 0.15) is 0 Å². The van der Waals surface area contributed by atoms with Crippen LogP contribution in [0.4, 0.5) is 0 Å². The lowest BCUT2D eigenvalue weighted by atomic mass is 10.0. The normalized spacial score (nSPS) is 11.9. The van der Waals surface area contributed by atoms with Crippen molar-refractivity contribution in [2.45, 2.75) is 0 Å². The van der Waals surface area contributed by atoms with Gasteiger partial charge in [-0.25, -0.2) is 0 Å². The number of rotatable bonds is 4. The molecule has 3 aromatic heterocycles. The zero-order valence-electron chi connectivity index (χ0n) is 27.6. The Hall–Kier alpha value is -6.84. The van der Waals surface area contributed by atoms with Crippen molar-refractivity contribution in [1.82, 2.24) is 9.13 Å². The fourth-order valence-electron chi connectivity index (χ4n) is 8.19. The molecule has 0 aliphatic carbocycles. The lowest BCUT2D eigenvalue weighted by Gasteiger charge is -2.11. The number of aromatic nitrogens is 2. The third-order valence-corrected chi connectivity index (χ3v) is 10.5. The molecule has 51 heavy (non-hydrogen) atoms. The third-order valence-electron chi connectivity index (χ3n) is 10.5. The van der Waals surface area contributed by atoms with Gasteiger partial charge in [-0.3, -0.25) is 0 Å². The molecule has 0 aliphatic heterocycles. The molecule has 0 saturated carbocycles. The number of hydrogen-bond acceptors (Lipinski definition) is 1. The summed E-state index contributed by atoms with van der Waals surface area (Å²) in [7, 11) is 0. The van der Waals surface area contributed by atoms with Crippen molar-refractivity contribution in [3.05, 3.63) is 182 Å². The highest BCUT2D eigenvalue weighted by Crippen LogP contribution is 2.41. The van der Waals surface area contributed by atoms with Gasteiger partial charge in [0.25, 0.3) is 0 Å². The van der Waals surface area contributed by atoms with E-state index in [9.17, 15) is 0 Å². The van der Waals surface area contributed by atoms with Crippen LogP contribution in [-0.4, -0.2) is 9.13 Å². The zero-order valence-corrected chi connectivity index (χ0v) is 27.6. The molecule has 0 unspecified atom stereocenters. The van der Waals surface area contributed by atoms with Crippen molar-refractivity contribution in [3.8, 4) is 33.6 Å². The molecular weight excluding hydrogens is 621 g/mol. The molecule has 0 N–H and O–H groups in total. The maximum atomic E-state index is 6.41. The molecule has 3 heterocycles. The van der Waals surface area contributed by atoms with Gasteiger partial charge in [0.15, 0.2) is 0 Å². The first kappa shape index (κ1) is 28.0. The van der Waals surface area contributed by atoms with Crippen LogP contribution in [-0.2, 0) is 0 Å². The van der Waals surface area contributed by atoms with E-state index in [1.165, 1.54) is 54.7 Å². The van der Waals surface area contributed by atoms with E-state index in [2.05, 4.69) is 179 Å². The Kier molecular flexibility index (Phi) is 5.96. The van der Waals surface area contributed by atoms with E-state index >= 15 is 0 Å². The van der Waals surface area contributed by atoms with E-state index < -0.39 is 0 Å². The van der Waals surface area contributed by atoms with Crippen LogP contribution in [0, 0.1) is 0 Å². The highest BCUT2D eigenvalue weighted by molar-refractivity contribution is 6.19. The van der Waals surface area contributed by atoms with E-state index in [1.54, 1.807) is 0 Å². The van der Waals surface area contributed by atoms with Crippen molar-refractivity contribution >= 4 is 65.6 Å². The quantitative estimate of drug-likeness (QED) is 0.186. The lowest BCUT2D eigenvalue weighted by molar-refractivity contribution is 0.670. The topological polar surface area (TPSA) is 23.0 Å². The maximum Gasteiger partial charge on any atom is 0.143 e. The van der Waals surface area contributed by atoms with Crippen LogP contribution in [0.15, 0.2) is 186 Å². The van der Waals surface area contributed by atoms with E-state index in [4.69, 9.17) is 4.42 Å². The first-order chi connectivity index (χ1) is 25.3. The van der Waals surface area contributed by atoms with Crippen LogP contribution in [0.25, 0.3) is 99.2 Å². The standard InChI is InChI=1S/C48H30N2O/c1-3-12-31(13-4-1)33-24-27-44-40(28-33)42-30-45-41(37-16-7-9-20-43(37)49(45)34-14-5-2-6-15-34)29-46(42)50(44)35-25-22-32(23-26-35)36-18-11-19-39-38-17-8-10-21-47(38)51-48(36)39/h1-30H. The number of hydrogen-bond donors (Lipinski definition) is 0. The minimum absolute atomic E-state index is 0.914. The van der Waals surface area contributed by atoms with Crippen LogP contribution in [0.5, 0.6) is 0 Å². The first-order valence-corrected chi connectivity index (χ1v) is 17.4. The molecule has 0 bridgehead atoms. The largest absolute Gasteiger partial charge is 0.455 e. The summed E-state index contributed by atoms with van der Waals surface area (Å²) in [4.78, 5) is 0. The molecule has 8 aromatic carbocycles. The second-order valence-electron chi connectivity index (χ2n) is 13.3. The Labute approximate surface area is 293 Å². The van der Waals surface area contributed by atoms with Gasteiger partial charge in [0.05, 0.1) is 22.1 Å². The molecule has 0 spiro atoms. The van der Waals surface area contributed by atoms with Crippen molar-refractivity contribution in [2.24, 2.45) is 0 Å². The van der Waals surface area contributed by atoms with Gasteiger partial charge in [0, 0.05) is 49.3 Å². The van der Waals surface area contributed by atoms with Crippen molar-refractivity contribution in [3.63, 3.8) is 0 Å². The fraction of sp³-hybridized carbons (Fsp3) is 0. The number of fused-ring (bicyclic) bond motifs is 9. The molecule has 3 heteroatoms. The molecule has 0 aliphatic rings. The molecule has 238 valence electrons. The molecule has 0 radical (unpaired) electrons. The van der Waals surface area contributed by atoms with Gasteiger partial charge in [-0.1, -0.05) is 121 Å². The van der Waals surface area contributed by atoms with E-state index in [0.717, 1.165) is 44.4 Å². The van der Waals surface area contributed by atoms with Crippen LogP contribution < -0.4 is 0 Å². The summed E-state index contributed by atoms with van der Waals surface area (Å²) in [6.45, 7) is 0. The van der Waals surface area contributed by atoms with Crippen LogP contribution >= 0.6 is 0 Å². The van der Waals surface area contributed by atoms with Crippen LogP contribution in [0.3, 0.4) is 0 Å².